The first-order valence-corrected chi connectivity index (χ1v) is 6.50. The highest BCUT2D eigenvalue weighted by molar-refractivity contribution is 5.59. The molecule has 19 heavy (non-hydrogen) atoms. The molecule has 0 atom stereocenters. The average Bonchev–Trinajstić information content (AvgIpc) is 2.26. The zero-order chi connectivity index (χ0) is 14.3. The van der Waals surface area contributed by atoms with Gasteiger partial charge in [0.15, 0.2) is 0 Å². The van der Waals surface area contributed by atoms with E-state index in [2.05, 4.69) is 11.9 Å². The van der Waals surface area contributed by atoms with Crippen molar-refractivity contribution in [3.63, 3.8) is 0 Å². The van der Waals surface area contributed by atoms with E-state index in [0.717, 1.165) is 23.6 Å². The van der Waals surface area contributed by atoms with Crippen molar-refractivity contribution in [2.45, 2.75) is 26.9 Å². The van der Waals surface area contributed by atoms with Gasteiger partial charge in [0.2, 0.25) is 0 Å². The maximum Gasteiger partial charge on any atom is 0.123 e. The fraction of sp³-hybridized carbons (Fsp3) is 0.467. The van der Waals surface area contributed by atoms with Crippen LogP contribution < -0.4 is 15.8 Å². The maximum atomic E-state index is 5.84. The molecule has 106 valence electrons. The molecule has 1 aromatic rings. The van der Waals surface area contributed by atoms with Crippen LogP contribution in [0.3, 0.4) is 0 Å². The van der Waals surface area contributed by atoms with Crippen LogP contribution in [0.2, 0.25) is 0 Å². The third-order valence-electron chi connectivity index (χ3n) is 2.22. The van der Waals surface area contributed by atoms with Crippen molar-refractivity contribution in [3.05, 3.63) is 30.4 Å². The molecule has 0 aliphatic carbocycles. The standard InChI is InChI=1S/C15H24N2O2/c1-11(2)10-18-6-5-17-14-7-13(16)8-15(9-14)19-12(3)4/h7-9,12,17H,1,5-6,10,16H2,2-4H3. The first kappa shape index (κ1) is 15.4. The quantitative estimate of drug-likeness (QED) is 0.430. The van der Waals surface area contributed by atoms with Gasteiger partial charge in [-0.25, -0.2) is 0 Å². The second-order valence-corrected chi connectivity index (χ2v) is 4.89. The van der Waals surface area contributed by atoms with Crippen molar-refractivity contribution in [2.75, 3.05) is 30.8 Å². The molecule has 1 rings (SSSR count). The molecular formula is C15H24N2O2. The Morgan fingerprint density at radius 2 is 2.11 bits per heavy atom. The molecular weight excluding hydrogens is 240 g/mol. The Morgan fingerprint density at radius 3 is 2.74 bits per heavy atom. The van der Waals surface area contributed by atoms with E-state index in [1.54, 1.807) is 0 Å². The number of ether oxygens (including phenoxy) is 2. The van der Waals surface area contributed by atoms with Gasteiger partial charge in [-0.3, -0.25) is 0 Å². The molecule has 3 N–H and O–H groups in total. The Hall–Kier alpha value is -1.68. The van der Waals surface area contributed by atoms with Crippen molar-refractivity contribution in [1.29, 1.82) is 0 Å². The van der Waals surface area contributed by atoms with Gasteiger partial charge >= 0.3 is 0 Å². The molecule has 0 radical (unpaired) electrons. The van der Waals surface area contributed by atoms with Crippen LogP contribution in [0.4, 0.5) is 11.4 Å². The molecule has 0 aromatic heterocycles. The molecule has 0 saturated carbocycles. The first-order valence-electron chi connectivity index (χ1n) is 6.50. The van der Waals surface area contributed by atoms with Gasteiger partial charge in [-0.1, -0.05) is 12.2 Å². The molecule has 0 amide bonds. The van der Waals surface area contributed by atoms with Gasteiger partial charge in [-0.05, 0) is 26.8 Å². The summed E-state index contributed by atoms with van der Waals surface area (Å²) in [4.78, 5) is 0. The average molecular weight is 264 g/mol. The van der Waals surface area contributed by atoms with Crippen LogP contribution in [0.25, 0.3) is 0 Å². The number of nitrogens with one attached hydrogen (secondary N) is 1. The zero-order valence-electron chi connectivity index (χ0n) is 12.0. The second kappa shape index (κ2) is 7.69. The Morgan fingerprint density at radius 1 is 1.37 bits per heavy atom. The van der Waals surface area contributed by atoms with Gasteiger partial charge in [0.05, 0.1) is 19.3 Å². The Kier molecular flexibility index (Phi) is 6.22. The number of nitrogen functional groups attached to an aromatic ring is 1. The van der Waals surface area contributed by atoms with Crippen LogP contribution in [0.15, 0.2) is 30.4 Å². The van der Waals surface area contributed by atoms with Gasteiger partial charge in [0.25, 0.3) is 0 Å². The van der Waals surface area contributed by atoms with E-state index < -0.39 is 0 Å². The van der Waals surface area contributed by atoms with Gasteiger partial charge in [0, 0.05) is 30.1 Å². The lowest BCUT2D eigenvalue weighted by Gasteiger charge is -2.13. The lowest BCUT2D eigenvalue weighted by atomic mass is 10.2. The van der Waals surface area contributed by atoms with E-state index in [9.17, 15) is 0 Å². The Labute approximate surface area is 115 Å². The molecule has 0 heterocycles. The minimum absolute atomic E-state index is 0.133. The second-order valence-electron chi connectivity index (χ2n) is 4.89. The van der Waals surface area contributed by atoms with Gasteiger partial charge in [0.1, 0.15) is 5.75 Å². The minimum Gasteiger partial charge on any atom is -0.491 e. The van der Waals surface area contributed by atoms with Crippen LogP contribution in [-0.2, 0) is 4.74 Å². The third kappa shape index (κ3) is 6.72. The lowest BCUT2D eigenvalue weighted by Crippen LogP contribution is -2.11. The molecule has 1 aromatic carbocycles. The van der Waals surface area contributed by atoms with E-state index >= 15 is 0 Å². The summed E-state index contributed by atoms with van der Waals surface area (Å²) in [6.45, 7) is 11.6. The summed E-state index contributed by atoms with van der Waals surface area (Å²) < 4.78 is 11.0. The minimum atomic E-state index is 0.133. The normalized spacial score (nSPS) is 10.5. The Bertz CT molecular complexity index is 417. The molecule has 0 saturated heterocycles. The number of rotatable bonds is 8. The van der Waals surface area contributed by atoms with Crippen molar-refractivity contribution in [3.8, 4) is 5.75 Å². The molecule has 4 nitrogen and oxygen atoms in total. The molecule has 0 bridgehead atoms. The predicted octanol–water partition coefficient (Wildman–Crippen LogP) is 3.06. The van der Waals surface area contributed by atoms with Crippen molar-refractivity contribution in [2.24, 2.45) is 0 Å². The number of nitrogens with two attached hydrogens (primary N) is 1. The highest BCUT2D eigenvalue weighted by Crippen LogP contribution is 2.23. The largest absolute Gasteiger partial charge is 0.491 e. The summed E-state index contributed by atoms with van der Waals surface area (Å²) in [5.41, 5.74) is 8.49. The molecule has 0 aliphatic heterocycles. The molecule has 4 heteroatoms. The van der Waals surface area contributed by atoms with E-state index in [1.165, 1.54) is 0 Å². The monoisotopic (exact) mass is 264 g/mol. The molecule has 0 unspecified atom stereocenters. The summed E-state index contributed by atoms with van der Waals surface area (Å²) in [5.74, 6) is 0.778. The van der Waals surface area contributed by atoms with Crippen LogP contribution >= 0.6 is 0 Å². The Balaban J connectivity index is 2.44. The summed E-state index contributed by atoms with van der Waals surface area (Å²) in [6.07, 6.45) is 0.133. The summed E-state index contributed by atoms with van der Waals surface area (Å²) in [5, 5.41) is 3.26. The smallest absolute Gasteiger partial charge is 0.123 e. The lowest BCUT2D eigenvalue weighted by molar-refractivity contribution is 0.167. The molecule has 0 fully saturated rings. The third-order valence-corrected chi connectivity index (χ3v) is 2.22. The number of hydrogen-bond donors (Lipinski definition) is 2. The number of benzene rings is 1. The van der Waals surface area contributed by atoms with Gasteiger partial charge in [-0.15, -0.1) is 0 Å². The topological polar surface area (TPSA) is 56.5 Å². The summed E-state index contributed by atoms with van der Waals surface area (Å²) in [6, 6.07) is 5.64. The van der Waals surface area contributed by atoms with E-state index in [1.807, 2.05) is 39.0 Å². The van der Waals surface area contributed by atoms with Crippen LogP contribution in [0, 0.1) is 0 Å². The number of anilines is 2. The van der Waals surface area contributed by atoms with Gasteiger partial charge < -0.3 is 20.5 Å². The SMILES string of the molecule is C=C(C)COCCNc1cc(N)cc(OC(C)C)c1. The van der Waals surface area contributed by atoms with E-state index in [0.29, 0.717) is 18.9 Å². The van der Waals surface area contributed by atoms with Crippen molar-refractivity contribution in [1.82, 2.24) is 0 Å². The predicted molar refractivity (Wildman–Crippen MR) is 80.7 cm³/mol. The highest BCUT2D eigenvalue weighted by atomic mass is 16.5. The van der Waals surface area contributed by atoms with Crippen molar-refractivity contribution < 1.29 is 9.47 Å². The fourth-order valence-electron chi connectivity index (χ4n) is 1.58. The van der Waals surface area contributed by atoms with E-state index in [4.69, 9.17) is 15.2 Å². The van der Waals surface area contributed by atoms with Crippen molar-refractivity contribution >= 4 is 11.4 Å². The molecule has 0 spiro atoms. The van der Waals surface area contributed by atoms with E-state index in [-0.39, 0.29) is 6.10 Å². The van der Waals surface area contributed by atoms with Crippen LogP contribution in [-0.4, -0.2) is 25.9 Å². The van der Waals surface area contributed by atoms with Crippen LogP contribution in [0.1, 0.15) is 20.8 Å². The van der Waals surface area contributed by atoms with Gasteiger partial charge in [-0.2, -0.15) is 0 Å². The molecule has 0 aliphatic rings. The summed E-state index contributed by atoms with van der Waals surface area (Å²) >= 11 is 0. The number of hydrogen-bond acceptors (Lipinski definition) is 4. The highest BCUT2D eigenvalue weighted by Gasteiger charge is 2.02. The zero-order valence-corrected chi connectivity index (χ0v) is 12.0. The fourth-order valence-corrected chi connectivity index (χ4v) is 1.58. The first-order chi connectivity index (χ1) is 8.97. The summed E-state index contributed by atoms with van der Waals surface area (Å²) in [7, 11) is 0. The van der Waals surface area contributed by atoms with Crippen LogP contribution in [0.5, 0.6) is 5.75 Å². The maximum absolute atomic E-state index is 5.84.